The van der Waals surface area contributed by atoms with Gasteiger partial charge in [-0.2, -0.15) is 0 Å². The number of methoxy groups -OCH3 is 1. The van der Waals surface area contributed by atoms with E-state index in [1.54, 1.807) is 31.4 Å². The number of hydrogen-bond acceptors (Lipinski definition) is 5. The van der Waals surface area contributed by atoms with Crippen LogP contribution in [0.4, 0.5) is 5.69 Å². The summed E-state index contributed by atoms with van der Waals surface area (Å²) in [5.74, 6) is 1.20. The molecule has 0 aromatic heterocycles. The average Bonchev–Trinajstić information content (AvgIpc) is 2.70. The van der Waals surface area contributed by atoms with E-state index in [1.807, 2.05) is 12.1 Å². The fourth-order valence-corrected chi connectivity index (χ4v) is 2.98. The number of benzene rings is 2. The van der Waals surface area contributed by atoms with Crippen molar-refractivity contribution in [2.75, 3.05) is 52.3 Å². The number of likely N-dealkylation sites (N-methyl/N-ethyl adjacent to an activating group) is 1. The van der Waals surface area contributed by atoms with Crippen molar-refractivity contribution < 1.29 is 14.3 Å². The monoisotopic (exact) mass is 369 g/mol. The third-order valence-electron chi connectivity index (χ3n) is 4.67. The van der Waals surface area contributed by atoms with Crippen molar-refractivity contribution in [3.63, 3.8) is 0 Å². The van der Waals surface area contributed by atoms with Gasteiger partial charge >= 0.3 is 0 Å². The molecule has 3 rings (SSSR count). The SMILES string of the molecule is COc1ccc(OCC(=O)Nc2ccc(CN3CCN(C)CC3)cc2)cc1. The lowest BCUT2D eigenvalue weighted by Crippen LogP contribution is -2.43. The molecule has 1 fully saturated rings. The summed E-state index contributed by atoms with van der Waals surface area (Å²) in [7, 11) is 3.77. The van der Waals surface area contributed by atoms with Gasteiger partial charge in [0, 0.05) is 38.4 Å². The van der Waals surface area contributed by atoms with Gasteiger partial charge in [-0.15, -0.1) is 0 Å². The number of carbonyl (C=O) groups excluding carboxylic acids is 1. The summed E-state index contributed by atoms with van der Waals surface area (Å²) in [6.07, 6.45) is 0. The molecular weight excluding hydrogens is 342 g/mol. The van der Waals surface area contributed by atoms with E-state index >= 15 is 0 Å². The van der Waals surface area contributed by atoms with Gasteiger partial charge in [-0.25, -0.2) is 0 Å². The van der Waals surface area contributed by atoms with Crippen LogP contribution < -0.4 is 14.8 Å². The van der Waals surface area contributed by atoms with Gasteiger partial charge in [-0.05, 0) is 49.0 Å². The van der Waals surface area contributed by atoms with Crippen LogP contribution in [0.1, 0.15) is 5.56 Å². The smallest absolute Gasteiger partial charge is 0.262 e. The Morgan fingerprint density at radius 3 is 2.22 bits per heavy atom. The van der Waals surface area contributed by atoms with Gasteiger partial charge in [0.05, 0.1) is 7.11 Å². The van der Waals surface area contributed by atoms with E-state index in [4.69, 9.17) is 9.47 Å². The maximum Gasteiger partial charge on any atom is 0.262 e. The molecule has 1 N–H and O–H groups in total. The largest absolute Gasteiger partial charge is 0.497 e. The summed E-state index contributed by atoms with van der Waals surface area (Å²) >= 11 is 0. The van der Waals surface area contributed by atoms with Crippen molar-refractivity contribution in [3.8, 4) is 11.5 Å². The first-order chi connectivity index (χ1) is 13.1. The summed E-state index contributed by atoms with van der Waals surface area (Å²) < 4.78 is 10.6. The van der Waals surface area contributed by atoms with Gasteiger partial charge in [0.15, 0.2) is 6.61 Å². The Labute approximate surface area is 160 Å². The number of carbonyl (C=O) groups is 1. The van der Waals surface area contributed by atoms with E-state index < -0.39 is 0 Å². The third-order valence-corrected chi connectivity index (χ3v) is 4.67. The minimum Gasteiger partial charge on any atom is -0.497 e. The van der Waals surface area contributed by atoms with Crippen molar-refractivity contribution in [1.29, 1.82) is 0 Å². The zero-order valence-electron chi connectivity index (χ0n) is 16.0. The molecule has 0 unspecified atom stereocenters. The molecule has 27 heavy (non-hydrogen) atoms. The summed E-state index contributed by atoms with van der Waals surface area (Å²) in [4.78, 5) is 16.9. The van der Waals surface area contributed by atoms with Crippen LogP contribution in [0, 0.1) is 0 Å². The van der Waals surface area contributed by atoms with E-state index in [9.17, 15) is 4.79 Å². The standard InChI is InChI=1S/C21H27N3O3/c1-23-11-13-24(14-12-23)15-17-3-5-18(6-4-17)22-21(25)16-27-20-9-7-19(26-2)8-10-20/h3-10H,11-16H2,1-2H3,(H,22,25). The first-order valence-corrected chi connectivity index (χ1v) is 9.19. The van der Waals surface area contributed by atoms with Crippen molar-refractivity contribution in [1.82, 2.24) is 9.80 Å². The molecule has 0 spiro atoms. The van der Waals surface area contributed by atoms with Gasteiger partial charge in [0.25, 0.3) is 5.91 Å². The van der Waals surface area contributed by atoms with Gasteiger partial charge in [0.1, 0.15) is 11.5 Å². The summed E-state index contributed by atoms with van der Waals surface area (Å²) in [6.45, 7) is 5.33. The van der Waals surface area contributed by atoms with Crippen LogP contribution in [0.3, 0.4) is 0 Å². The average molecular weight is 369 g/mol. The third kappa shape index (κ3) is 5.98. The minimum absolute atomic E-state index is 0.0324. The molecule has 1 aliphatic heterocycles. The lowest BCUT2D eigenvalue weighted by atomic mass is 10.2. The molecule has 144 valence electrons. The highest BCUT2D eigenvalue weighted by molar-refractivity contribution is 5.91. The van der Waals surface area contributed by atoms with Crippen molar-refractivity contribution in [3.05, 3.63) is 54.1 Å². The topological polar surface area (TPSA) is 54.0 Å². The molecule has 1 saturated heterocycles. The number of piperazine rings is 1. The Morgan fingerprint density at radius 1 is 0.963 bits per heavy atom. The molecule has 1 aliphatic rings. The molecule has 0 bridgehead atoms. The van der Waals surface area contributed by atoms with E-state index in [0.29, 0.717) is 5.75 Å². The molecule has 1 amide bonds. The molecular formula is C21H27N3O3. The van der Waals surface area contributed by atoms with E-state index in [1.165, 1.54) is 5.56 Å². The number of hydrogen-bond donors (Lipinski definition) is 1. The predicted molar refractivity (Wildman–Crippen MR) is 106 cm³/mol. The van der Waals surface area contributed by atoms with Crippen LogP contribution in [0.25, 0.3) is 0 Å². The molecule has 0 radical (unpaired) electrons. The first kappa shape index (κ1) is 19.2. The Bertz CT molecular complexity index is 723. The van der Waals surface area contributed by atoms with Crippen molar-refractivity contribution in [2.45, 2.75) is 6.54 Å². The van der Waals surface area contributed by atoms with Gasteiger partial charge in [-0.3, -0.25) is 9.69 Å². The number of nitrogens with zero attached hydrogens (tertiary/aromatic N) is 2. The summed E-state index contributed by atoms with van der Waals surface area (Å²) in [5.41, 5.74) is 2.03. The van der Waals surface area contributed by atoms with Crippen molar-refractivity contribution in [2.24, 2.45) is 0 Å². The molecule has 0 aliphatic carbocycles. The van der Waals surface area contributed by atoms with Crippen LogP contribution in [0.2, 0.25) is 0 Å². The van der Waals surface area contributed by atoms with Crippen LogP contribution in [0.5, 0.6) is 11.5 Å². The Kier molecular flexibility index (Phi) is 6.68. The highest BCUT2D eigenvalue weighted by Crippen LogP contribution is 2.17. The van der Waals surface area contributed by atoms with E-state index in [-0.39, 0.29) is 12.5 Å². The molecule has 2 aromatic rings. The molecule has 0 saturated carbocycles. The predicted octanol–water partition coefficient (Wildman–Crippen LogP) is 2.46. The Balaban J connectivity index is 1.43. The molecule has 6 nitrogen and oxygen atoms in total. The molecule has 1 heterocycles. The first-order valence-electron chi connectivity index (χ1n) is 9.19. The normalized spacial score (nSPS) is 15.3. The second-order valence-corrected chi connectivity index (χ2v) is 6.79. The van der Waals surface area contributed by atoms with Gasteiger partial charge in [0.2, 0.25) is 0 Å². The van der Waals surface area contributed by atoms with Crippen LogP contribution in [-0.4, -0.2) is 62.7 Å². The number of nitrogens with one attached hydrogen (secondary N) is 1. The minimum atomic E-state index is -0.183. The van der Waals surface area contributed by atoms with Gasteiger partial charge in [-0.1, -0.05) is 12.1 Å². The van der Waals surface area contributed by atoms with Crippen LogP contribution in [0.15, 0.2) is 48.5 Å². The fourth-order valence-electron chi connectivity index (χ4n) is 2.98. The number of amides is 1. The second-order valence-electron chi connectivity index (χ2n) is 6.79. The van der Waals surface area contributed by atoms with Crippen molar-refractivity contribution >= 4 is 11.6 Å². The van der Waals surface area contributed by atoms with Gasteiger partial charge < -0.3 is 19.7 Å². The van der Waals surface area contributed by atoms with Crippen LogP contribution in [-0.2, 0) is 11.3 Å². The quantitative estimate of drug-likeness (QED) is 0.813. The lowest BCUT2D eigenvalue weighted by molar-refractivity contribution is -0.118. The van der Waals surface area contributed by atoms with E-state index in [0.717, 1.165) is 44.2 Å². The zero-order chi connectivity index (χ0) is 19.1. The maximum atomic E-state index is 12.1. The maximum absolute atomic E-state index is 12.1. The Hall–Kier alpha value is -2.57. The Morgan fingerprint density at radius 2 is 1.59 bits per heavy atom. The van der Waals surface area contributed by atoms with E-state index in [2.05, 4.69) is 34.3 Å². The molecule has 2 aromatic carbocycles. The lowest BCUT2D eigenvalue weighted by Gasteiger charge is -2.32. The fraction of sp³-hybridized carbons (Fsp3) is 0.381. The van der Waals surface area contributed by atoms with Crippen LogP contribution >= 0.6 is 0 Å². The number of ether oxygens (including phenoxy) is 2. The summed E-state index contributed by atoms with van der Waals surface area (Å²) in [6, 6.07) is 15.2. The number of rotatable bonds is 7. The number of anilines is 1. The second kappa shape index (κ2) is 9.39. The highest BCUT2D eigenvalue weighted by atomic mass is 16.5. The molecule has 6 heteroatoms. The molecule has 0 atom stereocenters. The highest BCUT2D eigenvalue weighted by Gasteiger charge is 2.13. The zero-order valence-corrected chi connectivity index (χ0v) is 16.0. The summed E-state index contributed by atoms with van der Waals surface area (Å²) in [5, 5.41) is 2.86.